The minimum Gasteiger partial charge on any atom is -0.397 e. The zero-order valence-electron chi connectivity index (χ0n) is 10.7. The summed E-state index contributed by atoms with van der Waals surface area (Å²) in [7, 11) is 0. The molecule has 2 aromatic rings. The van der Waals surface area contributed by atoms with Crippen LogP contribution < -0.4 is 11.1 Å². The quantitative estimate of drug-likeness (QED) is 0.912. The van der Waals surface area contributed by atoms with Crippen LogP contribution in [0.5, 0.6) is 0 Å². The number of halogens is 1. The number of nitrogens with one attached hydrogen (secondary N) is 1. The molecule has 2 rings (SSSR count). The lowest BCUT2D eigenvalue weighted by atomic mass is 10.2. The smallest absolute Gasteiger partial charge is 0.263 e. The number of hydrogen-bond donors (Lipinski definition) is 2. The molecule has 0 saturated carbocycles. The van der Waals surface area contributed by atoms with Crippen molar-refractivity contribution >= 4 is 44.8 Å². The van der Waals surface area contributed by atoms with Gasteiger partial charge in [0.05, 0.1) is 5.69 Å². The summed E-state index contributed by atoms with van der Waals surface area (Å²) in [5.74, 6) is 0.297. The van der Waals surface area contributed by atoms with E-state index in [1.54, 1.807) is 17.8 Å². The number of nitrogens with two attached hydrogens (primary N) is 1. The maximum absolute atomic E-state index is 13.2. The van der Waals surface area contributed by atoms with Crippen LogP contribution in [-0.2, 0) is 0 Å². The lowest BCUT2D eigenvalue weighted by Gasteiger charge is -2.11. The van der Waals surface area contributed by atoms with Crippen molar-refractivity contribution in [3.63, 3.8) is 0 Å². The Hall–Kier alpha value is -1.27. The molecular weight excluding hydrogens is 283 g/mol. The summed E-state index contributed by atoms with van der Waals surface area (Å²) in [5.41, 5.74) is 6.29. The summed E-state index contributed by atoms with van der Waals surface area (Å²) in [5, 5.41) is 3.49. The molecule has 0 fully saturated rings. The van der Waals surface area contributed by atoms with Crippen LogP contribution in [0.4, 0.5) is 10.1 Å². The van der Waals surface area contributed by atoms with Crippen molar-refractivity contribution in [2.75, 3.05) is 17.7 Å². The Labute approximate surface area is 119 Å². The highest BCUT2D eigenvalue weighted by molar-refractivity contribution is 7.98. The molecule has 0 aliphatic carbocycles. The standard InChI is InChI=1S/C13H15FN2OS2/c1-7(6-18-2)16-13(17)12-11(15)9-5-8(14)3-4-10(9)19-12/h3-5,7H,6,15H2,1-2H3,(H,16,17). The van der Waals surface area contributed by atoms with Gasteiger partial charge in [-0.15, -0.1) is 11.3 Å². The van der Waals surface area contributed by atoms with Gasteiger partial charge in [-0.25, -0.2) is 4.39 Å². The average Bonchev–Trinajstić information content (AvgIpc) is 2.67. The molecule has 19 heavy (non-hydrogen) atoms. The van der Waals surface area contributed by atoms with E-state index in [4.69, 9.17) is 5.73 Å². The molecule has 3 nitrogen and oxygen atoms in total. The largest absolute Gasteiger partial charge is 0.397 e. The summed E-state index contributed by atoms with van der Waals surface area (Å²) >= 11 is 2.96. The summed E-state index contributed by atoms with van der Waals surface area (Å²) < 4.78 is 14.0. The molecule has 3 N–H and O–H groups in total. The highest BCUT2D eigenvalue weighted by Gasteiger charge is 2.18. The first-order chi connectivity index (χ1) is 9.02. The Balaban J connectivity index is 2.30. The maximum atomic E-state index is 13.2. The number of anilines is 1. The zero-order chi connectivity index (χ0) is 14.0. The summed E-state index contributed by atoms with van der Waals surface area (Å²) in [6.45, 7) is 1.94. The minimum absolute atomic E-state index is 0.0730. The molecule has 1 amide bonds. The van der Waals surface area contributed by atoms with E-state index in [2.05, 4.69) is 5.32 Å². The van der Waals surface area contributed by atoms with Crippen LogP contribution in [-0.4, -0.2) is 24.0 Å². The fourth-order valence-electron chi connectivity index (χ4n) is 1.84. The van der Waals surface area contributed by atoms with Gasteiger partial charge in [-0.1, -0.05) is 0 Å². The van der Waals surface area contributed by atoms with Crippen LogP contribution in [0.1, 0.15) is 16.6 Å². The second-order valence-corrected chi connectivity index (χ2v) is 6.28. The average molecular weight is 298 g/mol. The molecule has 1 atom stereocenters. The van der Waals surface area contributed by atoms with E-state index in [-0.39, 0.29) is 17.8 Å². The number of carbonyl (C=O) groups is 1. The van der Waals surface area contributed by atoms with Gasteiger partial charge in [-0.05, 0) is 31.4 Å². The van der Waals surface area contributed by atoms with E-state index in [0.29, 0.717) is 16.0 Å². The van der Waals surface area contributed by atoms with Crippen molar-refractivity contribution in [1.82, 2.24) is 5.32 Å². The Bertz CT molecular complexity index is 612. The Morgan fingerprint density at radius 3 is 3.00 bits per heavy atom. The van der Waals surface area contributed by atoms with Crippen molar-refractivity contribution in [1.29, 1.82) is 0 Å². The van der Waals surface area contributed by atoms with E-state index in [0.717, 1.165) is 10.5 Å². The van der Waals surface area contributed by atoms with Crippen LogP contribution in [0.15, 0.2) is 18.2 Å². The van der Waals surface area contributed by atoms with Crippen LogP contribution >= 0.6 is 23.1 Å². The van der Waals surface area contributed by atoms with Crippen LogP contribution in [0.25, 0.3) is 10.1 Å². The van der Waals surface area contributed by atoms with Crippen molar-refractivity contribution in [2.24, 2.45) is 0 Å². The van der Waals surface area contributed by atoms with E-state index in [9.17, 15) is 9.18 Å². The topological polar surface area (TPSA) is 55.1 Å². The first-order valence-corrected chi connectivity index (χ1v) is 8.01. The molecule has 0 spiro atoms. The molecule has 0 radical (unpaired) electrons. The normalized spacial score (nSPS) is 12.6. The van der Waals surface area contributed by atoms with Crippen LogP contribution in [0.2, 0.25) is 0 Å². The van der Waals surface area contributed by atoms with E-state index >= 15 is 0 Å². The fraction of sp³-hybridized carbons (Fsp3) is 0.308. The molecule has 1 heterocycles. The van der Waals surface area contributed by atoms with Crippen molar-refractivity contribution in [3.8, 4) is 0 Å². The summed E-state index contributed by atoms with van der Waals surface area (Å²) in [4.78, 5) is 12.6. The molecule has 1 aromatic carbocycles. The number of thiophene rings is 1. The van der Waals surface area contributed by atoms with E-state index in [1.807, 2.05) is 13.2 Å². The third-order valence-electron chi connectivity index (χ3n) is 2.69. The number of hydrogen-bond acceptors (Lipinski definition) is 4. The minimum atomic E-state index is -0.347. The van der Waals surface area contributed by atoms with Gasteiger partial charge < -0.3 is 11.1 Å². The second-order valence-electron chi connectivity index (χ2n) is 4.32. The van der Waals surface area contributed by atoms with E-state index < -0.39 is 0 Å². The molecule has 0 aliphatic heterocycles. The van der Waals surface area contributed by atoms with Gasteiger partial charge in [0.25, 0.3) is 5.91 Å². The predicted octanol–water partition coefficient (Wildman–Crippen LogP) is 3.10. The molecule has 0 bridgehead atoms. The van der Waals surface area contributed by atoms with Gasteiger partial charge in [-0.3, -0.25) is 4.79 Å². The molecular formula is C13H15FN2OS2. The first kappa shape index (κ1) is 14.1. The first-order valence-electron chi connectivity index (χ1n) is 5.80. The number of amides is 1. The molecule has 6 heteroatoms. The lowest BCUT2D eigenvalue weighted by molar-refractivity contribution is 0.0948. The number of rotatable bonds is 4. The van der Waals surface area contributed by atoms with E-state index in [1.165, 1.54) is 23.5 Å². The monoisotopic (exact) mass is 298 g/mol. The third-order valence-corrected chi connectivity index (χ3v) is 4.71. The Kier molecular flexibility index (Phi) is 4.31. The van der Waals surface area contributed by atoms with Crippen molar-refractivity contribution in [2.45, 2.75) is 13.0 Å². The number of carbonyl (C=O) groups excluding carboxylic acids is 1. The number of fused-ring (bicyclic) bond motifs is 1. The van der Waals surface area contributed by atoms with Gasteiger partial charge in [-0.2, -0.15) is 11.8 Å². The van der Waals surface area contributed by atoms with Gasteiger partial charge in [0.15, 0.2) is 0 Å². The predicted molar refractivity (Wildman–Crippen MR) is 81.5 cm³/mol. The molecule has 0 aliphatic rings. The molecule has 1 unspecified atom stereocenters. The molecule has 1 aromatic heterocycles. The van der Waals surface area contributed by atoms with Gasteiger partial charge in [0.2, 0.25) is 0 Å². The number of benzene rings is 1. The second kappa shape index (κ2) is 5.79. The molecule has 102 valence electrons. The van der Waals surface area contributed by atoms with Gasteiger partial charge in [0, 0.05) is 21.9 Å². The fourth-order valence-corrected chi connectivity index (χ4v) is 3.43. The number of thioether (sulfide) groups is 1. The maximum Gasteiger partial charge on any atom is 0.263 e. The van der Waals surface area contributed by atoms with Crippen LogP contribution in [0.3, 0.4) is 0 Å². The number of nitrogen functional groups attached to an aromatic ring is 1. The lowest BCUT2D eigenvalue weighted by Crippen LogP contribution is -2.34. The Morgan fingerprint density at radius 2 is 2.32 bits per heavy atom. The van der Waals surface area contributed by atoms with Crippen LogP contribution in [0, 0.1) is 5.82 Å². The van der Waals surface area contributed by atoms with Gasteiger partial charge >= 0.3 is 0 Å². The highest BCUT2D eigenvalue weighted by Crippen LogP contribution is 2.34. The zero-order valence-corrected chi connectivity index (χ0v) is 12.3. The van der Waals surface area contributed by atoms with Crippen molar-refractivity contribution in [3.05, 3.63) is 28.9 Å². The highest BCUT2D eigenvalue weighted by atomic mass is 32.2. The SMILES string of the molecule is CSCC(C)NC(=O)c1sc2ccc(F)cc2c1N. The summed E-state index contributed by atoms with van der Waals surface area (Å²) in [6, 6.07) is 4.46. The Morgan fingerprint density at radius 1 is 1.58 bits per heavy atom. The van der Waals surface area contributed by atoms with Crippen molar-refractivity contribution < 1.29 is 9.18 Å². The van der Waals surface area contributed by atoms with Gasteiger partial charge in [0.1, 0.15) is 10.7 Å². The summed E-state index contributed by atoms with van der Waals surface area (Å²) in [6.07, 6.45) is 1.99. The molecule has 0 saturated heterocycles. The third kappa shape index (κ3) is 3.01.